The molecule has 1 heteroatoms. The van der Waals surface area contributed by atoms with E-state index >= 15 is 0 Å². The van der Waals surface area contributed by atoms with Crippen LogP contribution in [0.3, 0.4) is 0 Å². The lowest BCUT2D eigenvalue weighted by Gasteiger charge is -1.86. The third kappa shape index (κ3) is 4.13. The van der Waals surface area contributed by atoms with Gasteiger partial charge in [0, 0.05) is 4.48 Å². The zero-order chi connectivity index (χ0) is 6.57. The van der Waals surface area contributed by atoms with Crippen molar-refractivity contribution in [1.29, 1.82) is 0 Å². The van der Waals surface area contributed by atoms with Crippen LogP contribution in [-0.2, 0) is 0 Å². The van der Waals surface area contributed by atoms with Crippen molar-refractivity contribution in [1.82, 2.24) is 0 Å². The van der Waals surface area contributed by atoms with E-state index < -0.39 is 0 Å². The van der Waals surface area contributed by atoms with Gasteiger partial charge in [-0.25, -0.2) is 0 Å². The van der Waals surface area contributed by atoms with Crippen LogP contribution in [0.25, 0.3) is 0 Å². The predicted octanol–water partition coefficient (Wildman–Crippen LogP) is 3.25. The minimum absolute atomic E-state index is 1.15. The molecule has 0 aliphatic heterocycles. The van der Waals surface area contributed by atoms with Gasteiger partial charge >= 0.3 is 0 Å². The van der Waals surface area contributed by atoms with Gasteiger partial charge in [0.2, 0.25) is 0 Å². The molecule has 0 radical (unpaired) electrons. The molecule has 0 rings (SSSR count). The molecule has 0 spiro atoms. The van der Waals surface area contributed by atoms with Crippen LogP contribution in [0.4, 0.5) is 0 Å². The maximum atomic E-state index is 3.36. The van der Waals surface area contributed by atoms with E-state index in [1.54, 1.807) is 0 Å². The quantitative estimate of drug-likeness (QED) is 0.536. The van der Waals surface area contributed by atoms with E-state index in [1.807, 2.05) is 13.0 Å². The maximum Gasteiger partial charge on any atom is 0.0131 e. The van der Waals surface area contributed by atoms with E-state index in [0.29, 0.717) is 0 Å². The van der Waals surface area contributed by atoms with Crippen LogP contribution in [0.1, 0.15) is 20.8 Å². The Morgan fingerprint density at radius 1 is 1.38 bits per heavy atom. The highest BCUT2D eigenvalue weighted by molar-refractivity contribution is 9.11. The topological polar surface area (TPSA) is 0 Å². The maximum absolute atomic E-state index is 3.36. The Kier molecular flexibility index (Phi) is 3.88. The SMILES string of the molecule is C/C=C(/Br)C=C(C)C. The molecule has 0 saturated carbocycles. The van der Waals surface area contributed by atoms with Crippen LogP contribution in [0.2, 0.25) is 0 Å². The van der Waals surface area contributed by atoms with Crippen molar-refractivity contribution in [3.05, 3.63) is 22.2 Å². The molecule has 46 valence electrons. The van der Waals surface area contributed by atoms with Crippen molar-refractivity contribution in [2.75, 3.05) is 0 Å². The first-order valence-electron chi connectivity index (χ1n) is 2.63. The lowest BCUT2D eigenvalue weighted by molar-refractivity contribution is 1.39. The van der Waals surface area contributed by atoms with Crippen LogP contribution in [0, 0.1) is 0 Å². The Bertz CT molecular complexity index is 116. The molecule has 0 heterocycles. The van der Waals surface area contributed by atoms with Crippen molar-refractivity contribution >= 4 is 15.9 Å². The molecule has 0 saturated heterocycles. The minimum atomic E-state index is 1.15. The monoisotopic (exact) mass is 174 g/mol. The van der Waals surface area contributed by atoms with Crippen LogP contribution in [-0.4, -0.2) is 0 Å². The largest absolute Gasteiger partial charge is 0.0753 e. The van der Waals surface area contributed by atoms with Gasteiger partial charge in [-0.05, 0) is 26.8 Å². The molecule has 8 heavy (non-hydrogen) atoms. The molecule has 0 nitrogen and oxygen atoms in total. The van der Waals surface area contributed by atoms with E-state index in [1.165, 1.54) is 5.57 Å². The number of allylic oxidation sites excluding steroid dienone is 4. The Balaban J connectivity index is 3.89. The summed E-state index contributed by atoms with van der Waals surface area (Å²) in [6, 6.07) is 0. The van der Waals surface area contributed by atoms with E-state index in [0.717, 1.165) is 4.48 Å². The van der Waals surface area contributed by atoms with E-state index in [4.69, 9.17) is 0 Å². The first-order valence-corrected chi connectivity index (χ1v) is 3.43. The van der Waals surface area contributed by atoms with Gasteiger partial charge in [-0.15, -0.1) is 0 Å². The fourth-order valence-corrected chi connectivity index (χ4v) is 0.817. The lowest BCUT2D eigenvalue weighted by atomic mass is 10.3. The van der Waals surface area contributed by atoms with Crippen LogP contribution >= 0.6 is 15.9 Å². The van der Waals surface area contributed by atoms with Gasteiger partial charge in [0.1, 0.15) is 0 Å². The molecular weight excluding hydrogens is 164 g/mol. The van der Waals surface area contributed by atoms with Gasteiger partial charge in [-0.2, -0.15) is 0 Å². The van der Waals surface area contributed by atoms with Crippen molar-refractivity contribution < 1.29 is 0 Å². The summed E-state index contributed by atoms with van der Waals surface area (Å²) in [7, 11) is 0. The predicted molar refractivity (Wildman–Crippen MR) is 42.1 cm³/mol. The highest BCUT2D eigenvalue weighted by Crippen LogP contribution is 2.08. The Labute approximate surface area is 59.4 Å². The summed E-state index contributed by atoms with van der Waals surface area (Å²) in [6.07, 6.45) is 4.10. The number of hydrogen-bond donors (Lipinski definition) is 0. The van der Waals surface area contributed by atoms with Crippen molar-refractivity contribution in [2.45, 2.75) is 20.8 Å². The van der Waals surface area contributed by atoms with Crippen molar-refractivity contribution in [3.63, 3.8) is 0 Å². The Morgan fingerprint density at radius 3 is 2.00 bits per heavy atom. The summed E-state index contributed by atoms with van der Waals surface area (Å²) in [5.41, 5.74) is 1.31. The molecule has 0 aromatic rings. The van der Waals surface area contributed by atoms with E-state index in [2.05, 4.69) is 35.9 Å². The van der Waals surface area contributed by atoms with Gasteiger partial charge in [0.25, 0.3) is 0 Å². The summed E-state index contributed by atoms with van der Waals surface area (Å²) in [4.78, 5) is 0. The number of rotatable bonds is 1. The van der Waals surface area contributed by atoms with Crippen molar-refractivity contribution in [2.24, 2.45) is 0 Å². The second kappa shape index (κ2) is 3.90. The highest BCUT2D eigenvalue weighted by Gasteiger charge is 1.79. The van der Waals surface area contributed by atoms with Gasteiger partial charge in [0.05, 0.1) is 0 Å². The zero-order valence-electron chi connectivity index (χ0n) is 5.53. The third-order valence-corrected chi connectivity index (χ3v) is 1.39. The average molecular weight is 175 g/mol. The molecule has 0 amide bonds. The molecular formula is C7H11Br. The summed E-state index contributed by atoms with van der Waals surface area (Å²) in [5.74, 6) is 0. The summed E-state index contributed by atoms with van der Waals surface area (Å²) in [6.45, 7) is 6.15. The minimum Gasteiger partial charge on any atom is -0.0753 e. The highest BCUT2D eigenvalue weighted by atomic mass is 79.9. The van der Waals surface area contributed by atoms with Crippen LogP contribution in [0.5, 0.6) is 0 Å². The molecule has 0 aromatic carbocycles. The third-order valence-electron chi connectivity index (χ3n) is 0.702. The van der Waals surface area contributed by atoms with E-state index in [9.17, 15) is 0 Å². The lowest BCUT2D eigenvalue weighted by Crippen LogP contribution is -1.63. The van der Waals surface area contributed by atoms with Gasteiger partial charge in [-0.3, -0.25) is 0 Å². The second-order valence-electron chi connectivity index (χ2n) is 1.90. The van der Waals surface area contributed by atoms with Gasteiger partial charge in [0.15, 0.2) is 0 Å². The molecule has 0 aliphatic carbocycles. The van der Waals surface area contributed by atoms with Crippen LogP contribution < -0.4 is 0 Å². The number of halogens is 1. The second-order valence-corrected chi connectivity index (χ2v) is 2.81. The van der Waals surface area contributed by atoms with Gasteiger partial charge < -0.3 is 0 Å². The normalized spacial score (nSPS) is 11.2. The zero-order valence-corrected chi connectivity index (χ0v) is 7.12. The smallest absolute Gasteiger partial charge is 0.0131 e. The first kappa shape index (κ1) is 7.96. The molecule has 0 fully saturated rings. The van der Waals surface area contributed by atoms with E-state index in [-0.39, 0.29) is 0 Å². The first-order chi connectivity index (χ1) is 3.66. The average Bonchev–Trinajstić information content (AvgIpc) is 1.65. The van der Waals surface area contributed by atoms with Gasteiger partial charge in [-0.1, -0.05) is 27.6 Å². The standard InChI is InChI=1S/C7H11Br/c1-4-7(8)5-6(2)3/h4-5H,1-3H3/b7-4+. The Morgan fingerprint density at radius 2 is 1.88 bits per heavy atom. The summed E-state index contributed by atoms with van der Waals surface area (Å²) < 4.78 is 1.15. The summed E-state index contributed by atoms with van der Waals surface area (Å²) >= 11 is 3.36. The Hall–Kier alpha value is -0.0400. The van der Waals surface area contributed by atoms with Crippen molar-refractivity contribution in [3.8, 4) is 0 Å². The fourth-order valence-electron chi connectivity index (χ4n) is 0.359. The van der Waals surface area contributed by atoms with Crippen LogP contribution in [0.15, 0.2) is 22.2 Å². The molecule has 0 bridgehead atoms. The molecule has 0 atom stereocenters. The number of hydrogen-bond acceptors (Lipinski definition) is 0. The molecule has 0 aliphatic rings. The molecule has 0 aromatic heterocycles. The fraction of sp³-hybridized carbons (Fsp3) is 0.429. The molecule has 0 N–H and O–H groups in total. The summed E-state index contributed by atoms with van der Waals surface area (Å²) in [5, 5.41) is 0. The molecule has 0 unspecified atom stereocenters.